The Kier molecular flexibility index (Phi) is 4.72. The molecule has 0 amide bonds. The zero-order valence-corrected chi connectivity index (χ0v) is 11.5. The minimum atomic E-state index is -3.32. The number of rotatable bonds is 5. The van der Waals surface area contributed by atoms with E-state index in [1.807, 2.05) is 0 Å². The molecule has 0 saturated heterocycles. The fourth-order valence-electron chi connectivity index (χ4n) is 1.57. The van der Waals surface area contributed by atoms with Gasteiger partial charge in [-0.25, -0.2) is 8.42 Å². The lowest BCUT2D eigenvalue weighted by Gasteiger charge is -2.20. The largest absolute Gasteiger partial charge is 0.465 e. The molecular formula is C12H17NO4S. The van der Waals surface area contributed by atoms with Gasteiger partial charge < -0.3 is 9.64 Å². The maximum atomic E-state index is 11.6. The van der Waals surface area contributed by atoms with Crippen LogP contribution in [-0.4, -0.2) is 40.8 Å². The second-order valence-electron chi connectivity index (χ2n) is 3.90. The van der Waals surface area contributed by atoms with Crippen LogP contribution in [0.5, 0.6) is 0 Å². The minimum absolute atomic E-state index is 0.0143. The Morgan fingerprint density at radius 1 is 1.33 bits per heavy atom. The van der Waals surface area contributed by atoms with E-state index in [0.717, 1.165) is 6.26 Å². The van der Waals surface area contributed by atoms with E-state index in [0.29, 0.717) is 12.3 Å². The number of sulfone groups is 1. The Bertz CT molecular complexity index is 525. The van der Waals surface area contributed by atoms with Crippen LogP contribution in [0.25, 0.3) is 0 Å². The fourth-order valence-corrected chi connectivity index (χ4v) is 2.50. The number of esters is 1. The molecule has 1 rings (SSSR count). The van der Waals surface area contributed by atoms with E-state index in [-0.39, 0.29) is 17.4 Å². The molecule has 0 saturated carbocycles. The van der Waals surface area contributed by atoms with Crippen molar-refractivity contribution in [2.75, 3.05) is 31.4 Å². The molecule has 1 aromatic carbocycles. The molecule has 0 fully saturated rings. The summed E-state index contributed by atoms with van der Waals surface area (Å²) in [6.07, 6.45) is 1.14. The molecule has 0 aliphatic rings. The summed E-state index contributed by atoms with van der Waals surface area (Å²) in [5.74, 6) is -0.386. The molecule has 0 aliphatic carbocycles. The van der Waals surface area contributed by atoms with Gasteiger partial charge in [-0.15, -0.1) is 0 Å². The third kappa shape index (κ3) is 3.73. The van der Waals surface area contributed by atoms with E-state index in [9.17, 15) is 13.2 Å². The maximum absolute atomic E-state index is 11.6. The normalized spacial score (nSPS) is 11.1. The Balaban J connectivity index is 3.00. The van der Waals surface area contributed by atoms with Crippen LogP contribution in [0.15, 0.2) is 29.2 Å². The van der Waals surface area contributed by atoms with Crippen LogP contribution in [0.1, 0.15) is 6.92 Å². The number of para-hydroxylation sites is 1. The van der Waals surface area contributed by atoms with Gasteiger partial charge in [0.2, 0.25) is 0 Å². The summed E-state index contributed by atoms with van der Waals surface area (Å²) in [4.78, 5) is 13.1. The lowest BCUT2D eigenvalue weighted by atomic mass is 10.3. The van der Waals surface area contributed by atoms with Crippen LogP contribution in [0.2, 0.25) is 0 Å². The molecule has 0 atom stereocenters. The number of carbonyl (C=O) groups excluding carboxylic acids is 1. The van der Waals surface area contributed by atoms with Gasteiger partial charge >= 0.3 is 5.97 Å². The molecule has 100 valence electrons. The summed E-state index contributed by atoms with van der Waals surface area (Å²) in [6.45, 7) is 2.04. The van der Waals surface area contributed by atoms with Gasteiger partial charge in [-0.2, -0.15) is 0 Å². The first kappa shape index (κ1) is 14.5. The molecule has 0 heterocycles. The third-order valence-electron chi connectivity index (χ3n) is 2.35. The number of ether oxygens (including phenoxy) is 1. The average molecular weight is 271 g/mol. The number of carbonyl (C=O) groups is 1. The molecule has 0 spiro atoms. The standard InChI is InChI=1S/C12H17NO4S/c1-4-17-12(14)9-13(2)10-7-5-6-8-11(10)18(3,15)16/h5-8H,4,9H2,1-3H3. The number of hydrogen-bond acceptors (Lipinski definition) is 5. The zero-order valence-electron chi connectivity index (χ0n) is 10.7. The molecular weight excluding hydrogens is 254 g/mol. The summed E-state index contributed by atoms with van der Waals surface area (Å²) < 4.78 is 28.1. The van der Waals surface area contributed by atoms with Gasteiger partial charge in [0.05, 0.1) is 17.2 Å². The Hall–Kier alpha value is -1.56. The van der Waals surface area contributed by atoms with Gasteiger partial charge in [0.25, 0.3) is 0 Å². The summed E-state index contributed by atoms with van der Waals surface area (Å²) in [5, 5.41) is 0. The van der Waals surface area contributed by atoms with Crippen molar-refractivity contribution < 1.29 is 17.9 Å². The number of nitrogens with zero attached hydrogens (tertiary/aromatic N) is 1. The van der Waals surface area contributed by atoms with Gasteiger partial charge in [0.1, 0.15) is 6.54 Å². The molecule has 0 bridgehead atoms. The van der Waals surface area contributed by atoms with Crippen molar-refractivity contribution in [3.05, 3.63) is 24.3 Å². The highest BCUT2D eigenvalue weighted by molar-refractivity contribution is 7.90. The smallest absolute Gasteiger partial charge is 0.325 e. The predicted octanol–water partition coefficient (Wildman–Crippen LogP) is 1.09. The second kappa shape index (κ2) is 5.86. The first-order chi connectivity index (χ1) is 8.36. The predicted molar refractivity (Wildman–Crippen MR) is 69.5 cm³/mol. The molecule has 0 N–H and O–H groups in total. The topological polar surface area (TPSA) is 63.7 Å². The second-order valence-corrected chi connectivity index (χ2v) is 5.89. The van der Waals surface area contributed by atoms with E-state index >= 15 is 0 Å². The molecule has 0 unspecified atom stereocenters. The molecule has 6 heteroatoms. The lowest BCUT2D eigenvalue weighted by molar-refractivity contribution is -0.141. The summed E-state index contributed by atoms with van der Waals surface area (Å²) in [6, 6.07) is 6.56. The number of hydrogen-bond donors (Lipinski definition) is 0. The Labute approximate surface area is 107 Å². The highest BCUT2D eigenvalue weighted by Crippen LogP contribution is 2.23. The van der Waals surface area contributed by atoms with Crippen molar-refractivity contribution in [3.8, 4) is 0 Å². The highest BCUT2D eigenvalue weighted by Gasteiger charge is 2.17. The molecule has 18 heavy (non-hydrogen) atoms. The maximum Gasteiger partial charge on any atom is 0.325 e. The van der Waals surface area contributed by atoms with E-state index in [1.54, 1.807) is 37.1 Å². The minimum Gasteiger partial charge on any atom is -0.465 e. The van der Waals surface area contributed by atoms with Crippen molar-refractivity contribution in [2.45, 2.75) is 11.8 Å². The number of anilines is 1. The van der Waals surface area contributed by atoms with Crippen LogP contribution >= 0.6 is 0 Å². The van der Waals surface area contributed by atoms with Crippen LogP contribution in [0.3, 0.4) is 0 Å². The number of benzene rings is 1. The molecule has 0 radical (unpaired) electrons. The summed E-state index contributed by atoms with van der Waals surface area (Å²) in [5.41, 5.74) is 0.494. The van der Waals surface area contributed by atoms with E-state index in [4.69, 9.17) is 4.74 Å². The zero-order chi connectivity index (χ0) is 13.8. The van der Waals surface area contributed by atoms with E-state index in [2.05, 4.69) is 0 Å². The van der Waals surface area contributed by atoms with Gasteiger partial charge in [-0.1, -0.05) is 12.1 Å². The van der Waals surface area contributed by atoms with Crippen molar-refractivity contribution >= 4 is 21.5 Å². The number of likely N-dealkylation sites (N-methyl/N-ethyl adjacent to an activating group) is 1. The van der Waals surface area contributed by atoms with E-state index in [1.165, 1.54) is 6.07 Å². The molecule has 0 aliphatic heterocycles. The van der Waals surface area contributed by atoms with Crippen LogP contribution in [-0.2, 0) is 19.4 Å². The molecule has 5 nitrogen and oxygen atoms in total. The molecule has 1 aromatic rings. The highest BCUT2D eigenvalue weighted by atomic mass is 32.2. The van der Waals surface area contributed by atoms with Crippen molar-refractivity contribution in [1.82, 2.24) is 0 Å². The van der Waals surface area contributed by atoms with Crippen molar-refractivity contribution in [1.29, 1.82) is 0 Å². The first-order valence-corrected chi connectivity index (χ1v) is 7.41. The van der Waals surface area contributed by atoms with Crippen LogP contribution < -0.4 is 4.90 Å². The SMILES string of the molecule is CCOC(=O)CN(C)c1ccccc1S(C)(=O)=O. The Morgan fingerprint density at radius 3 is 2.50 bits per heavy atom. The quantitative estimate of drug-likeness (QED) is 0.750. The molecule has 0 aromatic heterocycles. The van der Waals surface area contributed by atoms with Gasteiger partial charge in [-0.3, -0.25) is 4.79 Å². The monoisotopic (exact) mass is 271 g/mol. The van der Waals surface area contributed by atoms with Gasteiger partial charge in [0, 0.05) is 13.3 Å². The van der Waals surface area contributed by atoms with Gasteiger partial charge in [-0.05, 0) is 19.1 Å². The van der Waals surface area contributed by atoms with Gasteiger partial charge in [0.15, 0.2) is 9.84 Å². The summed E-state index contributed by atoms with van der Waals surface area (Å²) >= 11 is 0. The van der Waals surface area contributed by atoms with Crippen LogP contribution in [0.4, 0.5) is 5.69 Å². The first-order valence-electron chi connectivity index (χ1n) is 5.52. The average Bonchev–Trinajstić information content (AvgIpc) is 2.28. The van der Waals surface area contributed by atoms with Crippen LogP contribution in [0, 0.1) is 0 Å². The van der Waals surface area contributed by atoms with E-state index < -0.39 is 9.84 Å². The van der Waals surface area contributed by atoms with Crippen molar-refractivity contribution in [2.24, 2.45) is 0 Å². The fraction of sp³-hybridized carbons (Fsp3) is 0.417. The van der Waals surface area contributed by atoms with Crippen molar-refractivity contribution in [3.63, 3.8) is 0 Å². The third-order valence-corrected chi connectivity index (χ3v) is 3.49. The Morgan fingerprint density at radius 2 is 1.94 bits per heavy atom. The summed E-state index contributed by atoms with van der Waals surface area (Å²) in [7, 11) is -1.67. The lowest BCUT2D eigenvalue weighted by Crippen LogP contribution is -2.28.